The Labute approximate surface area is 160 Å². The molecule has 0 unspecified atom stereocenters. The first-order valence-corrected chi connectivity index (χ1v) is 10.5. The van der Waals surface area contributed by atoms with Gasteiger partial charge in [0.25, 0.3) is 0 Å². The third kappa shape index (κ3) is 4.39. The number of nitrogens with zero attached hydrogens (tertiary/aromatic N) is 1. The summed E-state index contributed by atoms with van der Waals surface area (Å²) in [7, 11) is 2.84. The number of rotatable bonds is 5. The summed E-state index contributed by atoms with van der Waals surface area (Å²) in [5, 5.41) is 3.35. The van der Waals surface area contributed by atoms with Crippen LogP contribution in [-0.2, 0) is 4.74 Å². The molecule has 1 N–H and O–H groups in total. The molecule has 6 heteroatoms. The van der Waals surface area contributed by atoms with E-state index in [0.717, 1.165) is 16.0 Å². The van der Waals surface area contributed by atoms with E-state index in [4.69, 9.17) is 9.73 Å². The van der Waals surface area contributed by atoms with Crippen molar-refractivity contribution in [1.29, 1.82) is 0 Å². The number of benzene rings is 2. The van der Waals surface area contributed by atoms with Crippen LogP contribution in [0.1, 0.15) is 27.7 Å². The van der Waals surface area contributed by atoms with Crippen LogP contribution in [0.3, 0.4) is 0 Å². The van der Waals surface area contributed by atoms with Crippen molar-refractivity contribution in [2.75, 3.05) is 11.9 Å². The van der Waals surface area contributed by atoms with E-state index in [-0.39, 0.29) is 5.97 Å². The number of esters is 1. The molecule has 0 fully saturated rings. The molecule has 0 aliphatic carbocycles. The Morgan fingerprint density at radius 2 is 1.62 bits per heavy atom. The van der Waals surface area contributed by atoms with Crippen molar-refractivity contribution >= 4 is 43.7 Å². The normalized spacial score (nSPS) is 11.4. The summed E-state index contributed by atoms with van der Waals surface area (Å²) in [5.41, 5.74) is 4.82. The Bertz CT molecular complexity index is 955. The van der Waals surface area contributed by atoms with Gasteiger partial charge in [-0.15, -0.1) is 0 Å². The van der Waals surface area contributed by atoms with Crippen LogP contribution in [0.25, 0.3) is 0 Å². The van der Waals surface area contributed by atoms with Gasteiger partial charge in [-0.05, 0) is 45.0 Å². The standard InChI is InChI=1S/C20H20N2O2S2/c1-4-24-20(23)18-17(21-15-9-5-13(2)6-10-15)19(26-25-18)22-16-11-7-14(3)8-12-16/h5-12,21H,4H2,1-3H3. The lowest BCUT2D eigenvalue weighted by Gasteiger charge is -2.07. The van der Waals surface area contributed by atoms with Gasteiger partial charge in [0, 0.05) is 5.69 Å². The summed E-state index contributed by atoms with van der Waals surface area (Å²) in [6, 6.07) is 16.0. The van der Waals surface area contributed by atoms with Crippen LogP contribution in [0, 0.1) is 13.8 Å². The van der Waals surface area contributed by atoms with E-state index in [1.807, 2.05) is 62.4 Å². The van der Waals surface area contributed by atoms with Crippen LogP contribution >= 0.6 is 20.7 Å². The number of carbonyl (C=O) groups excluding carboxylic acids is 1. The van der Waals surface area contributed by atoms with E-state index in [1.165, 1.54) is 31.8 Å². The predicted octanol–water partition coefficient (Wildman–Crippen LogP) is 5.58. The fourth-order valence-electron chi connectivity index (χ4n) is 2.30. The quantitative estimate of drug-likeness (QED) is 0.461. The first kappa shape index (κ1) is 18.4. The lowest BCUT2D eigenvalue weighted by molar-refractivity contribution is 0.0533. The van der Waals surface area contributed by atoms with Crippen molar-refractivity contribution in [2.24, 2.45) is 4.99 Å². The molecule has 26 heavy (non-hydrogen) atoms. The molecule has 0 amide bonds. The van der Waals surface area contributed by atoms with Crippen LogP contribution in [0.5, 0.6) is 0 Å². The SMILES string of the molecule is CCOC(=O)c1ssc(=Nc2ccc(C)cc2)c1Nc1ccc(C)cc1. The van der Waals surface area contributed by atoms with Gasteiger partial charge < -0.3 is 10.1 Å². The van der Waals surface area contributed by atoms with Crippen LogP contribution < -0.4 is 9.99 Å². The summed E-state index contributed by atoms with van der Waals surface area (Å²) in [5.74, 6) is -0.325. The van der Waals surface area contributed by atoms with Gasteiger partial charge in [-0.2, -0.15) is 0 Å². The average Bonchev–Trinajstić information content (AvgIpc) is 3.01. The molecule has 0 aliphatic heterocycles. The van der Waals surface area contributed by atoms with E-state index in [9.17, 15) is 4.79 Å². The van der Waals surface area contributed by atoms with E-state index >= 15 is 0 Å². The van der Waals surface area contributed by atoms with Crippen molar-refractivity contribution < 1.29 is 9.53 Å². The molecule has 0 bridgehead atoms. The van der Waals surface area contributed by atoms with Crippen molar-refractivity contribution in [1.82, 2.24) is 0 Å². The van der Waals surface area contributed by atoms with E-state index < -0.39 is 0 Å². The Hall–Kier alpha value is -2.44. The minimum atomic E-state index is -0.325. The maximum Gasteiger partial charge on any atom is 0.351 e. The third-order valence-corrected chi connectivity index (χ3v) is 5.99. The third-order valence-electron chi connectivity index (χ3n) is 3.69. The number of hydrogen-bond donors (Lipinski definition) is 1. The number of ether oxygens (including phenoxy) is 1. The van der Waals surface area contributed by atoms with Gasteiger partial charge in [-0.25, -0.2) is 9.79 Å². The number of aryl methyl sites for hydroxylation is 2. The predicted molar refractivity (Wildman–Crippen MR) is 109 cm³/mol. The highest BCUT2D eigenvalue weighted by Gasteiger charge is 2.18. The molecule has 1 aromatic heterocycles. The van der Waals surface area contributed by atoms with E-state index in [2.05, 4.69) is 5.32 Å². The first-order chi connectivity index (χ1) is 12.6. The molecular weight excluding hydrogens is 364 g/mol. The molecule has 3 aromatic rings. The average molecular weight is 385 g/mol. The maximum absolute atomic E-state index is 12.3. The molecule has 0 radical (unpaired) electrons. The first-order valence-electron chi connectivity index (χ1n) is 8.32. The minimum Gasteiger partial charge on any atom is -0.462 e. The Morgan fingerprint density at radius 1 is 1.00 bits per heavy atom. The van der Waals surface area contributed by atoms with Gasteiger partial charge in [0.15, 0.2) is 4.67 Å². The lowest BCUT2D eigenvalue weighted by Crippen LogP contribution is -2.10. The number of nitrogens with one attached hydrogen (secondary N) is 1. The van der Waals surface area contributed by atoms with Crippen molar-refractivity contribution in [3.05, 3.63) is 69.2 Å². The summed E-state index contributed by atoms with van der Waals surface area (Å²) in [6.07, 6.45) is 0. The van der Waals surface area contributed by atoms with Crippen LogP contribution in [0.2, 0.25) is 0 Å². The molecule has 134 valence electrons. The van der Waals surface area contributed by atoms with Crippen LogP contribution in [-0.4, -0.2) is 12.6 Å². The van der Waals surface area contributed by atoms with Crippen LogP contribution in [0.15, 0.2) is 53.5 Å². The smallest absolute Gasteiger partial charge is 0.351 e. The highest BCUT2D eigenvalue weighted by atomic mass is 32.9. The second-order valence-corrected chi connectivity index (χ2v) is 7.96. The maximum atomic E-state index is 12.3. The minimum absolute atomic E-state index is 0.325. The molecule has 0 atom stereocenters. The highest BCUT2D eigenvalue weighted by molar-refractivity contribution is 7.69. The molecule has 0 spiro atoms. The summed E-state index contributed by atoms with van der Waals surface area (Å²) >= 11 is 0. The van der Waals surface area contributed by atoms with E-state index in [1.54, 1.807) is 6.92 Å². The molecule has 2 aromatic carbocycles. The molecule has 4 nitrogen and oxygen atoms in total. The van der Waals surface area contributed by atoms with Gasteiger partial charge in [0.2, 0.25) is 0 Å². The van der Waals surface area contributed by atoms with Gasteiger partial charge in [0.05, 0.1) is 12.3 Å². The molecule has 3 rings (SSSR count). The fourth-order valence-corrected chi connectivity index (χ4v) is 4.56. The topological polar surface area (TPSA) is 50.7 Å². The molecular formula is C20H20N2O2S2. The second-order valence-electron chi connectivity index (χ2n) is 5.83. The Kier molecular flexibility index (Phi) is 5.85. The number of carbonyl (C=O) groups is 1. The molecule has 0 saturated heterocycles. The zero-order valence-corrected chi connectivity index (χ0v) is 16.5. The lowest BCUT2D eigenvalue weighted by atomic mass is 10.2. The van der Waals surface area contributed by atoms with E-state index in [0.29, 0.717) is 17.2 Å². The largest absolute Gasteiger partial charge is 0.462 e. The summed E-state index contributed by atoms with van der Waals surface area (Å²) in [6.45, 7) is 6.23. The fraction of sp³-hybridized carbons (Fsp3) is 0.200. The van der Waals surface area contributed by atoms with Crippen molar-refractivity contribution in [3.63, 3.8) is 0 Å². The number of hydrogen-bond acceptors (Lipinski definition) is 6. The summed E-state index contributed by atoms with van der Waals surface area (Å²) in [4.78, 5) is 17.6. The Balaban J connectivity index is 2.04. The number of anilines is 2. The van der Waals surface area contributed by atoms with Crippen molar-refractivity contribution in [2.45, 2.75) is 20.8 Å². The highest BCUT2D eigenvalue weighted by Crippen LogP contribution is 2.27. The zero-order valence-electron chi connectivity index (χ0n) is 14.9. The van der Waals surface area contributed by atoms with Crippen molar-refractivity contribution in [3.8, 4) is 0 Å². The van der Waals surface area contributed by atoms with Gasteiger partial charge in [-0.1, -0.05) is 56.1 Å². The van der Waals surface area contributed by atoms with Gasteiger partial charge in [-0.3, -0.25) is 0 Å². The summed E-state index contributed by atoms with van der Waals surface area (Å²) < 4.78 is 5.97. The van der Waals surface area contributed by atoms with Gasteiger partial charge >= 0.3 is 5.97 Å². The zero-order chi connectivity index (χ0) is 18.5. The monoisotopic (exact) mass is 384 g/mol. The Morgan fingerprint density at radius 3 is 2.23 bits per heavy atom. The molecule has 1 heterocycles. The van der Waals surface area contributed by atoms with Crippen LogP contribution in [0.4, 0.5) is 17.1 Å². The second kappa shape index (κ2) is 8.29. The molecule has 0 aliphatic rings. The molecule has 0 saturated carbocycles. The van der Waals surface area contributed by atoms with Gasteiger partial charge in [0.1, 0.15) is 10.6 Å².